The van der Waals surface area contributed by atoms with Crippen molar-refractivity contribution in [2.24, 2.45) is 0 Å². The van der Waals surface area contributed by atoms with Gasteiger partial charge in [0.1, 0.15) is 12.4 Å². The zero-order valence-corrected chi connectivity index (χ0v) is 20.7. The van der Waals surface area contributed by atoms with Gasteiger partial charge in [0.25, 0.3) is 0 Å². The fourth-order valence-corrected chi connectivity index (χ4v) is 6.66. The second-order valence-electron chi connectivity index (χ2n) is 10.3. The Morgan fingerprint density at radius 1 is 0.917 bits per heavy atom. The van der Waals surface area contributed by atoms with Gasteiger partial charge in [-0.3, -0.25) is 0 Å². The molecule has 2 saturated heterocycles. The van der Waals surface area contributed by atoms with E-state index < -0.39 is 5.60 Å². The van der Waals surface area contributed by atoms with E-state index in [4.69, 9.17) is 9.47 Å². The van der Waals surface area contributed by atoms with Gasteiger partial charge in [0.05, 0.1) is 12.2 Å². The topological polar surface area (TPSA) is 59.0 Å². The van der Waals surface area contributed by atoms with Gasteiger partial charge in [-0.05, 0) is 66.1 Å². The zero-order chi connectivity index (χ0) is 24.7. The molecule has 3 aromatic rings. The van der Waals surface area contributed by atoms with Crippen LogP contribution in [0.2, 0.25) is 0 Å². The first-order valence-electron chi connectivity index (χ1n) is 13.2. The monoisotopic (exact) mass is 483 g/mol. The largest absolute Gasteiger partial charge is 0.494 e. The summed E-state index contributed by atoms with van der Waals surface area (Å²) in [6.07, 6.45) is 3.66. The highest BCUT2D eigenvalue weighted by molar-refractivity contribution is 5.79. The molecule has 5 heteroatoms. The van der Waals surface area contributed by atoms with Crippen molar-refractivity contribution in [1.29, 1.82) is 0 Å². The summed E-state index contributed by atoms with van der Waals surface area (Å²) in [4.78, 5) is 15.4. The van der Waals surface area contributed by atoms with Crippen LogP contribution in [0.4, 0.5) is 4.79 Å². The molecule has 1 N–H and O–H groups in total. The van der Waals surface area contributed by atoms with E-state index in [-0.39, 0.29) is 24.1 Å². The van der Waals surface area contributed by atoms with Crippen molar-refractivity contribution < 1.29 is 19.4 Å². The van der Waals surface area contributed by atoms with Crippen LogP contribution in [0.25, 0.3) is 11.1 Å². The maximum Gasteiger partial charge on any atom is 0.410 e. The van der Waals surface area contributed by atoms with Gasteiger partial charge in [-0.25, -0.2) is 4.79 Å². The summed E-state index contributed by atoms with van der Waals surface area (Å²) in [6.45, 7) is 2.90. The van der Waals surface area contributed by atoms with Crippen LogP contribution in [0.1, 0.15) is 61.6 Å². The van der Waals surface area contributed by atoms with E-state index in [2.05, 4.69) is 48.5 Å². The lowest BCUT2D eigenvalue weighted by Gasteiger charge is -2.51. The molecular weight excluding hydrogens is 450 g/mol. The number of amides is 1. The number of hydrogen-bond acceptors (Lipinski definition) is 4. The summed E-state index contributed by atoms with van der Waals surface area (Å²) in [7, 11) is 0. The van der Waals surface area contributed by atoms with Gasteiger partial charge >= 0.3 is 6.09 Å². The number of carbonyl (C=O) groups excluding carboxylic acids is 1. The third-order valence-electron chi connectivity index (χ3n) is 8.26. The van der Waals surface area contributed by atoms with Crippen molar-refractivity contribution in [2.45, 2.75) is 62.6 Å². The van der Waals surface area contributed by atoms with Gasteiger partial charge in [0.15, 0.2) is 0 Å². The minimum atomic E-state index is -0.944. The molecule has 1 amide bonds. The number of aliphatic hydroxyl groups is 1. The molecule has 1 aliphatic carbocycles. The van der Waals surface area contributed by atoms with E-state index in [9.17, 15) is 9.90 Å². The van der Waals surface area contributed by atoms with Gasteiger partial charge < -0.3 is 19.5 Å². The quantitative estimate of drug-likeness (QED) is 0.467. The third kappa shape index (κ3) is 3.96. The summed E-state index contributed by atoms with van der Waals surface area (Å²) in [5.74, 6) is 0.855. The smallest absolute Gasteiger partial charge is 0.410 e. The van der Waals surface area contributed by atoms with Crippen LogP contribution in [0.15, 0.2) is 72.8 Å². The van der Waals surface area contributed by atoms with E-state index >= 15 is 0 Å². The van der Waals surface area contributed by atoms with E-state index in [1.54, 1.807) is 0 Å². The third-order valence-corrected chi connectivity index (χ3v) is 8.26. The van der Waals surface area contributed by atoms with Crippen LogP contribution in [-0.2, 0) is 10.3 Å². The highest BCUT2D eigenvalue weighted by atomic mass is 16.6. The van der Waals surface area contributed by atoms with Crippen molar-refractivity contribution in [3.63, 3.8) is 0 Å². The lowest BCUT2D eigenvalue weighted by molar-refractivity contribution is -0.0891. The molecule has 0 spiro atoms. The van der Waals surface area contributed by atoms with E-state index in [0.29, 0.717) is 26.1 Å². The lowest BCUT2D eigenvalue weighted by Crippen LogP contribution is -2.59. The molecule has 0 radical (unpaired) electrons. The molecule has 2 atom stereocenters. The Hall–Kier alpha value is -3.31. The number of nitrogens with zero attached hydrogens (tertiary/aromatic N) is 1. The molecule has 0 aromatic heterocycles. The second-order valence-corrected chi connectivity index (χ2v) is 10.3. The maximum atomic E-state index is 13.5. The molecule has 186 valence electrons. The highest BCUT2D eigenvalue weighted by Crippen LogP contribution is 2.46. The number of benzene rings is 3. The lowest BCUT2D eigenvalue weighted by atomic mass is 9.72. The van der Waals surface area contributed by atoms with Gasteiger partial charge in [-0.1, -0.05) is 60.7 Å². The van der Waals surface area contributed by atoms with Crippen molar-refractivity contribution in [2.75, 3.05) is 13.2 Å². The first-order chi connectivity index (χ1) is 17.6. The Morgan fingerprint density at radius 2 is 1.50 bits per heavy atom. The molecular formula is C31H33NO4. The number of fused-ring (bicyclic) bond motifs is 5. The standard InChI is InChI=1S/C31H33NO4/c1-2-35-24-16-14-21(15-17-24)31(34)18-22-8-7-9-23(19-31)32(22)30(33)36-20-29-27-12-5-3-10-25(27)26-11-4-6-13-28(26)29/h3-6,10-17,22-23,29,34H,2,7-9,18-20H2,1H3. The Labute approximate surface area is 212 Å². The fraction of sp³-hybridized carbons (Fsp3) is 0.387. The predicted octanol–water partition coefficient (Wildman–Crippen LogP) is 6.24. The average Bonchev–Trinajstić information content (AvgIpc) is 3.21. The molecule has 36 heavy (non-hydrogen) atoms. The Balaban J connectivity index is 1.18. The summed E-state index contributed by atoms with van der Waals surface area (Å²) < 4.78 is 11.6. The maximum absolute atomic E-state index is 13.5. The molecule has 2 fully saturated rings. The molecule has 3 aromatic carbocycles. The SMILES string of the molecule is CCOc1ccc(C2(O)CC3CCCC(C2)N3C(=O)OCC2c3ccccc3-c3ccccc32)cc1. The summed E-state index contributed by atoms with van der Waals surface area (Å²) in [5, 5.41) is 11.7. The van der Waals surface area contributed by atoms with Crippen molar-refractivity contribution in [3.05, 3.63) is 89.5 Å². The van der Waals surface area contributed by atoms with Gasteiger partial charge in [0.2, 0.25) is 0 Å². The average molecular weight is 484 g/mol. The minimum Gasteiger partial charge on any atom is -0.494 e. The molecule has 6 rings (SSSR count). The Bertz CT molecular complexity index is 1190. The van der Waals surface area contributed by atoms with Crippen LogP contribution in [0.5, 0.6) is 5.75 Å². The van der Waals surface area contributed by atoms with Gasteiger partial charge in [0, 0.05) is 30.8 Å². The molecule has 0 saturated carbocycles. The molecule has 2 bridgehead atoms. The normalized spacial score (nSPS) is 24.7. The highest BCUT2D eigenvalue weighted by Gasteiger charge is 2.48. The number of hydrogen-bond donors (Lipinski definition) is 1. The first kappa shape index (κ1) is 23.1. The van der Waals surface area contributed by atoms with E-state index in [1.807, 2.05) is 36.1 Å². The summed E-state index contributed by atoms with van der Waals surface area (Å²) in [6, 6.07) is 24.5. The molecule has 3 aliphatic rings. The summed E-state index contributed by atoms with van der Waals surface area (Å²) >= 11 is 0. The number of rotatable bonds is 5. The number of ether oxygens (including phenoxy) is 2. The molecule has 2 aliphatic heterocycles. The second kappa shape index (κ2) is 9.29. The van der Waals surface area contributed by atoms with Gasteiger partial charge in [-0.15, -0.1) is 0 Å². The minimum absolute atomic E-state index is 0.0234. The summed E-state index contributed by atoms with van der Waals surface area (Å²) in [5.41, 5.74) is 4.84. The van der Waals surface area contributed by atoms with Crippen LogP contribution >= 0.6 is 0 Å². The van der Waals surface area contributed by atoms with Crippen LogP contribution in [-0.4, -0.2) is 41.4 Å². The molecule has 2 unspecified atom stereocenters. The van der Waals surface area contributed by atoms with Crippen LogP contribution < -0.4 is 4.74 Å². The Kier molecular flexibility index (Phi) is 5.96. The van der Waals surface area contributed by atoms with Crippen molar-refractivity contribution in [1.82, 2.24) is 4.90 Å². The number of piperidine rings is 2. The van der Waals surface area contributed by atoms with E-state index in [0.717, 1.165) is 30.6 Å². The van der Waals surface area contributed by atoms with Crippen LogP contribution in [0.3, 0.4) is 0 Å². The number of carbonyl (C=O) groups is 1. The Morgan fingerprint density at radius 3 is 2.08 bits per heavy atom. The zero-order valence-electron chi connectivity index (χ0n) is 20.7. The van der Waals surface area contributed by atoms with Crippen molar-refractivity contribution in [3.8, 4) is 16.9 Å². The fourth-order valence-electron chi connectivity index (χ4n) is 6.66. The first-order valence-corrected chi connectivity index (χ1v) is 13.2. The van der Waals surface area contributed by atoms with Gasteiger partial charge in [-0.2, -0.15) is 0 Å². The van der Waals surface area contributed by atoms with E-state index in [1.165, 1.54) is 22.3 Å². The molecule has 2 heterocycles. The van der Waals surface area contributed by atoms with Crippen LogP contribution in [0, 0.1) is 0 Å². The predicted molar refractivity (Wildman–Crippen MR) is 139 cm³/mol. The molecule has 5 nitrogen and oxygen atoms in total. The van der Waals surface area contributed by atoms with Crippen molar-refractivity contribution >= 4 is 6.09 Å².